The van der Waals surface area contributed by atoms with Crippen molar-refractivity contribution in [1.29, 1.82) is 0 Å². The Bertz CT molecular complexity index is 5570. The lowest BCUT2D eigenvalue weighted by Gasteiger charge is -2.16. The highest BCUT2D eigenvalue weighted by Gasteiger charge is 2.28. The van der Waals surface area contributed by atoms with Crippen molar-refractivity contribution < 1.29 is 0 Å². The van der Waals surface area contributed by atoms with Gasteiger partial charge in [-0.25, -0.2) is 9.97 Å². The van der Waals surface area contributed by atoms with Crippen LogP contribution in [0, 0.1) is 0 Å². The van der Waals surface area contributed by atoms with Gasteiger partial charge in [-0.15, -0.1) is 0 Å². The summed E-state index contributed by atoms with van der Waals surface area (Å²) >= 11 is 0. The van der Waals surface area contributed by atoms with Gasteiger partial charge in [0.25, 0.3) is 11.1 Å². The van der Waals surface area contributed by atoms with Crippen molar-refractivity contribution in [3.63, 3.8) is 0 Å². The van der Waals surface area contributed by atoms with Crippen LogP contribution in [-0.2, 0) is 0 Å². The molecular formula is C84H52N4O2. The Morgan fingerprint density at radius 3 is 0.844 bits per heavy atom. The van der Waals surface area contributed by atoms with Crippen molar-refractivity contribution in [2.75, 3.05) is 0 Å². The van der Waals surface area contributed by atoms with Gasteiger partial charge < -0.3 is 0 Å². The molecule has 4 aromatic heterocycles. The van der Waals surface area contributed by atoms with Gasteiger partial charge in [-0.3, -0.25) is 18.4 Å². The van der Waals surface area contributed by atoms with Crippen molar-refractivity contribution in [2.24, 2.45) is 0 Å². The van der Waals surface area contributed by atoms with Crippen molar-refractivity contribution in [3.05, 3.63) is 336 Å². The molecule has 6 heteroatoms. The zero-order valence-corrected chi connectivity index (χ0v) is 48.6. The van der Waals surface area contributed by atoms with E-state index in [0.29, 0.717) is 22.1 Å². The molecule has 6 nitrogen and oxygen atoms in total. The molecular weight excluding hydrogens is 1100 g/mol. The number of imidazole rings is 2. The van der Waals surface area contributed by atoms with E-state index in [1.165, 1.54) is 0 Å². The second-order valence-corrected chi connectivity index (χ2v) is 22.9. The SMILES string of the molecule is O=c1c2ccc(-c3ccccc3)c3cccc(c32)c2nc3c(-c4ccccc4)cc(-c4ccccc4)c(-c4ccccc4)c3n12.O=c1c2cccc3c(-c4ccccc4)ccc(c32)c2nc3c(-c4ccccc4)cc(-c4ccccc4)c(-c4ccccc4)c3n12. The standard InChI is InChI=1S/2C42H26N2O/c45-42-34-23-13-22-32-31(27-14-5-1-6-15-27)24-25-33(38(32)34)41-43-39-36(29-18-9-3-10-19-29)26-35(28-16-7-2-8-17-28)37(40(39)44(41)42)30-20-11-4-12-21-30;45-42-34-25-24-31(27-14-5-1-6-15-27)32-22-13-23-33(38(32)34)41-43-39-36(29-18-9-3-10-19-29)26-35(28-16-7-2-8-17-28)37(40(39)44(41)42)30-20-11-4-12-21-30/h2*1-26H. The Kier molecular flexibility index (Phi) is 12.4. The molecule has 0 spiro atoms. The average Bonchev–Trinajstić information content (AvgIpc) is 1.52. The predicted octanol–water partition coefficient (Wildman–Crippen LogP) is 20.5. The van der Waals surface area contributed by atoms with E-state index in [-0.39, 0.29) is 11.1 Å². The van der Waals surface area contributed by atoms with Crippen LogP contribution in [0.5, 0.6) is 0 Å². The first-order valence-electron chi connectivity index (χ1n) is 30.4. The van der Waals surface area contributed by atoms with Gasteiger partial charge in [0.2, 0.25) is 0 Å². The van der Waals surface area contributed by atoms with E-state index in [0.717, 1.165) is 143 Å². The molecule has 18 rings (SSSR count). The Hall–Kier alpha value is -12.1. The molecule has 0 saturated heterocycles. The van der Waals surface area contributed by atoms with Crippen molar-refractivity contribution in [2.45, 2.75) is 0 Å². The minimum atomic E-state index is -0.0581. The minimum Gasteiger partial charge on any atom is -0.268 e. The van der Waals surface area contributed by atoms with Gasteiger partial charge in [-0.05, 0) is 108 Å². The smallest absolute Gasteiger partial charge is 0.264 e. The summed E-state index contributed by atoms with van der Waals surface area (Å²) in [6.45, 7) is 0. The van der Waals surface area contributed by atoms with Gasteiger partial charge in [0, 0.05) is 54.6 Å². The number of fused-ring (bicyclic) bond motifs is 8. The second kappa shape index (κ2) is 21.4. The number of hydrogen-bond acceptors (Lipinski definition) is 4. The molecule has 18 aromatic rings. The van der Waals surface area contributed by atoms with Crippen LogP contribution in [0.3, 0.4) is 0 Å². The molecule has 90 heavy (non-hydrogen) atoms. The summed E-state index contributed by atoms with van der Waals surface area (Å²) in [5.74, 6) is 0. The van der Waals surface area contributed by atoms with E-state index in [1.54, 1.807) is 0 Å². The average molecular weight is 1150 g/mol. The van der Waals surface area contributed by atoms with E-state index in [4.69, 9.17) is 9.97 Å². The van der Waals surface area contributed by atoms with Crippen LogP contribution in [-0.4, -0.2) is 18.8 Å². The summed E-state index contributed by atoms with van der Waals surface area (Å²) in [6.07, 6.45) is 0. The molecule has 14 aromatic carbocycles. The van der Waals surface area contributed by atoms with Crippen LogP contribution in [0.15, 0.2) is 325 Å². The summed E-state index contributed by atoms with van der Waals surface area (Å²) < 4.78 is 3.74. The number of pyridine rings is 2. The van der Waals surface area contributed by atoms with Gasteiger partial charge in [0.1, 0.15) is 11.3 Å². The molecule has 0 saturated carbocycles. The van der Waals surface area contributed by atoms with Crippen LogP contribution < -0.4 is 11.1 Å². The van der Waals surface area contributed by atoms with Crippen molar-refractivity contribution in [1.82, 2.24) is 18.8 Å². The number of benzene rings is 14. The fraction of sp³-hybridized carbons (Fsp3) is 0. The minimum absolute atomic E-state index is 0.0581. The van der Waals surface area contributed by atoms with Gasteiger partial charge in [-0.2, -0.15) is 0 Å². The van der Waals surface area contributed by atoms with E-state index in [1.807, 2.05) is 75.5 Å². The highest BCUT2D eigenvalue weighted by Crippen LogP contribution is 2.47. The number of nitrogens with zero attached hydrogens (tertiary/aromatic N) is 4. The lowest BCUT2D eigenvalue weighted by Crippen LogP contribution is -2.14. The Morgan fingerprint density at radius 1 is 0.222 bits per heavy atom. The first-order chi connectivity index (χ1) is 44.6. The van der Waals surface area contributed by atoms with E-state index >= 15 is 0 Å². The molecule has 0 amide bonds. The van der Waals surface area contributed by atoms with Crippen LogP contribution in [0.25, 0.3) is 165 Å². The maximum atomic E-state index is 14.8. The third-order valence-corrected chi connectivity index (χ3v) is 17.9. The maximum absolute atomic E-state index is 14.8. The fourth-order valence-electron chi connectivity index (χ4n) is 13.9. The summed E-state index contributed by atoms with van der Waals surface area (Å²) in [5.41, 5.74) is 21.5. The zero-order chi connectivity index (χ0) is 59.8. The van der Waals surface area contributed by atoms with Crippen LogP contribution in [0.4, 0.5) is 0 Å². The Morgan fingerprint density at radius 2 is 0.489 bits per heavy atom. The predicted molar refractivity (Wildman–Crippen MR) is 374 cm³/mol. The highest BCUT2D eigenvalue weighted by molar-refractivity contribution is 6.22. The Balaban J connectivity index is 0.000000139. The van der Waals surface area contributed by atoms with Gasteiger partial charge >= 0.3 is 0 Å². The molecule has 4 heterocycles. The molecule has 0 bridgehead atoms. The lowest BCUT2D eigenvalue weighted by atomic mass is 9.89. The molecule has 0 radical (unpaired) electrons. The molecule has 0 aliphatic rings. The van der Waals surface area contributed by atoms with E-state index < -0.39 is 0 Å². The summed E-state index contributed by atoms with van der Waals surface area (Å²) in [6, 6.07) is 108. The zero-order valence-electron chi connectivity index (χ0n) is 48.6. The third-order valence-electron chi connectivity index (χ3n) is 17.9. The first kappa shape index (κ1) is 52.2. The molecule has 0 N–H and O–H groups in total. The fourth-order valence-corrected chi connectivity index (χ4v) is 13.9. The first-order valence-corrected chi connectivity index (χ1v) is 30.4. The second-order valence-electron chi connectivity index (χ2n) is 22.9. The largest absolute Gasteiger partial charge is 0.268 e. The van der Waals surface area contributed by atoms with Crippen LogP contribution in [0.2, 0.25) is 0 Å². The summed E-state index contributed by atoms with van der Waals surface area (Å²) in [7, 11) is 0. The summed E-state index contributed by atoms with van der Waals surface area (Å²) in [5, 5.41) is 7.34. The van der Waals surface area contributed by atoms with Gasteiger partial charge in [-0.1, -0.05) is 285 Å². The van der Waals surface area contributed by atoms with Crippen molar-refractivity contribution in [3.8, 4) is 89.0 Å². The summed E-state index contributed by atoms with van der Waals surface area (Å²) in [4.78, 5) is 40.4. The lowest BCUT2D eigenvalue weighted by molar-refractivity contribution is 1.19. The normalized spacial score (nSPS) is 11.6. The Labute approximate surface area is 517 Å². The number of hydrogen-bond donors (Lipinski definition) is 0. The number of rotatable bonds is 8. The molecule has 0 aliphatic carbocycles. The molecule has 0 unspecified atom stereocenters. The number of aromatic nitrogens is 4. The van der Waals surface area contributed by atoms with Crippen LogP contribution >= 0.6 is 0 Å². The molecule has 0 atom stereocenters. The molecule has 0 fully saturated rings. The van der Waals surface area contributed by atoms with Gasteiger partial charge in [0.15, 0.2) is 0 Å². The topological polar surface area (TPSA) is 68.7 Å². The molecule has 420 valence electrons. The third kappa shape index (κ3) is 8.34. The van der Waals surface area contributed by atoms with E-state index in [9.17, 15) is 9.59 Å². The molecule has 0 aliphatic heterocycles. The van der Waals surface area contributed by atoms with Crippen molar-refractivity contribution >= 4 is 76.5 Å². The highest BCUT2D eigenvalue weighted by atomic mass is 16.1. The van der Waals surface area contributed by atoms with Crippen LogP contribution in [0.1, 0.15) is 0 Å². The maximum Gasteiger partial charge on any atom is 0.264 e. The van der Waals surface area contributed by atoms with Gasteiger partial charge in [0.05, 0.1) is 22.1 Å². The monoisotopic (exact) mass is 1150 g/mol. The van der Waals surface area contributed by atoms with E-state index in [2.05, 4.69) is 249 Å². The quantitative estimate of drug-likeness (QED) is 0.152.